The molecule has 1 aliphatic rings. The summed E-state index contributed by atoms with van der Waals surface area (Å²) in [6.45, 7) is 7.55. The van der Waals surface area contributed by atoms with Crippen molar-refractivity contribution in [2.24, 2.45) is 0 Å². The van der Waals surface area contributed by atoms with Crippen LogP contribution >= 0.6 is 0 Å². The van der Waals surface area contributed by atoms with Gasteiger partial charge in [0.25, 0.3) is 0 Å². The molecule has 0 radical (unpaired) electrons. The average molecular weight is 333 g/mol. The van der Waals surface area contributed by atoms with Gasteiger partial charge in [-0.05, 0) is 50.9 Å². The van der Waals surface area contributed by atoms with Crippen LogP contribution in [0.3, 0.4) is 0 Å². The van der Waals surface area contributed by atoms with Crippen molar-refractivity contribution in [2.75, 3.05) is 19.5 Å². The number of nitrogen functional groups attached to an aromatic ring is 1. The third-order valence-electron chi connectivity index (χ3n) is 4.57. The van der Waals surface area contributed by atoms with Crippen molar-refractivity contribution in [1.82, 2.24) is 0 Å². The Bertz CT molecular complexity index is 653. The number of hydrogen-bond donors (Lipinski definition) is 2. The molecule has 3 N–H and O–H groups in total. The maximum absolute atomic E-state index is 11.7. The van der Waals surface area contributed by atoms with Crippen molar-refractivity contribution in [3.05, 3.63) is 34.8 Å². The second-order valence-corrected chi connectivity index (χ2v) is 6.80. The van der Waals surface area contributed by atoms with E-state index in [0.29, 0.717) is 16.7 Å². The monoisotopic (exact) mass is 333 g/mol. The Morgan fingerprint density at radius 1 is 1.29 bits per heavy atom. The van der Waals surface area contributed by atoms with E-state index in [1.165, 1.54) is 7.11 Å². The number of methoxy groups -OCH3 is 1. The van der Waals surface area contributed by atoms with E-state index in [0.717, 1.165) is 0 Å². The number of esters is 1. The lowest BCUT2D eigenvalue weighted by atomic mass is 9.77. The third kappa shape index (κ3) is 3.48. The van der Waals surface area contributed by atoms with Gasteiger partial charge in [-0.2, -0.15) is 0 Å². The highest BCUT2D eigenvalue weighted by Gasteiger charge is 2.52. The highest BCUT2D eigenvalue weighted by atomic mass is 16.7. The van der Waals surface area contributed by atoms with Gasteiger partial charge in [0, 0.05) is 5.69 Å². The number of aliphatic hydroxyl groups is 1. The average Bonchev–Trinajstić information content (AvgIpc) is 2.73. The predicted molar refractivity (Wildman–Crippen MR) is 93.3 cm³/mol. The summed E-state index contributed by atoms with van der Waals surface area (Å²) in [5.41, 5.74) is 6.68. The van der Waals surface area contributed by atoms with Crippen LogP contribution in [0.1, 0.15) is 43.6 Å². The molecule has 130 valence electrons. The highest BCUT2D eigenvalue weighted by molar-refractivity contribution is 6.55. The van der Waals surface area contributed by atoms with E-state index < -0.39 is 24.3 Å². The molecular weight excluding hydrogens is 309 g/mol. The molecule has 1 aliphatic heterocycles. The summed E-state index contributed by atoms with van der Waals surface area (Å²) in [6.07, 6.45) is 1.73. The summed E-state index contributed by atoms with van der Waals surface area (Å²) in [5, 5.41) is 9.72. The van der Waals surface area contributed by atoms with E-state index in [1.807, 2.05) is 27.7 Å². The zero-order valence-corrected chi connectivity index (χ0v) is 14.8. The predicted octanol–water partition coefficient (Wildman–Crippen LogP) is 2.06. The number of anilines is 1. The smallest absolute Gasteiger partial charge is 0.465 e. The molecule has 1 saturated heterocycles. The van der Waals surface area contributed by atoms with Crippen molar-refractivity contribution in [3.63, 3.8) is 0 Å². The third-order valence-corrected chi connectivity index (χ3v) is 4.57. The summed E-state index contributed by atoms with van der Waals surface area (Å²) in [7, 11) is 0.646. The van der Waals surface area contributed by atoms with Gasteiger partial charge in [0.15, 0.2) is 0 Å². The van der Waals surface area contributed by atoms with Crippen molar-refractivity contribution in [2.45, 2.75) is 38.9 Å². The fourth-order valence-corrected chi connectivity index (χ4v) is 2.35. The first-order chi connectivity index (χ1) is 11.1. The summed E-state index contributed by atoms with van der Waals surface area (Å²) in [4.78, 5) is 11.7. The van der Waals surface area contributed by atoms with Crippen LogP contribution in [0, 0.1) is 0 Å². The molecule has 0 aromatic heterocycles. The minimum absolute atomic E-state index is 0.227. The molecule has 1 heterocycles. The molecule has 1 aromatic rings. The van der Waals surface area contributed by atoms with Crippen LogP contribution in [0.5, 0.6) is 0 Å². The maximum atomic E-state index is 11.7. The Labute approximate surface area is 142 Å². The molecule has 0 spiro atoms. The standard InChI is InChI=1S/C17H24BNO5/c1-16(2)17(3,4)24-18(23-16)12(10-20)8-11-6-7-14(19)13(9-11)15(21)22-5/h6-9,20H,10,19H2,1-5H3. The number of aliphatic hydroxyl groups excluding tert-OH is 1. The molecule has 0 unspecified atom stereocenters. The van der Waals surface area contributed by atoms with Gasteiger partial charge in [0.05, 0.1) is 30.5 Å². The maximum Gasteiger partial charge on any atom is 0.492 e. The van der Waals surface area contributed by atoms with Crippen LogP contribution in [-0.2, 0) is 14.0 Å². The van der Waals surface area contributed by atoms with Crippen molar-refractivity contribution in [1.29, 1.82) is 0 Å². The topological polar surface area (TPSA) is 91.0 Å². The fraction of sp³-hybridized carbons (Fsp3) is 0.471. The number of carbonyl (C=O) groups excluding carboxylic acids is 1. The second kappa shape index (κ2) is 6.59. The molecule has 2 rings (SSSR count). The Hall–Kier alpha value is -1.83. The van der Waals surface area contributed by atoms with Crippen LogP contribution in [0.25, 0.3) is 6.08 Å². The molecule has 0 amide bonds. The lowest BCUT2D eigenvalue weighted by molar-refractivity contribution is 0.00578. The molecule has 0 saturated carbocycles. The van der Waals surface area contributed by atoms with Crippen LogP contribution in [0.2, 0.25) is 0 Å². The molecule has 1 aromatic carbocycles. The fourth-order valence-electron chi connectivity index (χ4n) is 2.35. The lowest BCUT2D eigenvalue weighted by Gasteiger charge is -2.32. The van der Waals surface area contributed by atoms with Gasteiger partial charge >= 0.3 is 13.1 Å². The van der Waals surface area contributed by atoms with E-state index in [1.54, 1.807) is 24.3 Å². The lowest BCUT2D eigenvalue weighted by Crippen LogP contribution is -2.41. The van der Waals surface area contributed by atoms with Crippen LogP contribution in [0.15, 0.2) is 23.7 Å². The quantitative estimate of drug-likeness (QED) is 0.498. The first-order valence-corrected chi connectivity index (χ1v) is 7.76. The molecule has 0 bridgehead atoms. The minimum Gasteiger partial charge on any atom is -0.465 e. The molecule has 0 atom stereocenters. The number of carbonyl (C=O) groups is 1. The normalized spacial score (nSPS) is 19.4. The molecule has 0 aliphatic carbocycles. The highest BCUT2D eigenvalue weighted by Crippen LogP contribution is 2.38. The molecular formula is C17H24BNO5. The summed E-state index contributed by atoms with van der Waals surface area (Å²) < 4.78 is 16.6. The van der Waals surface area contributed by atoms with Gasteiger partial charge in [-0.1, -0.05) is 12.1 Å². The molecule has 1 fully saturated rings. The first kappa shape index (κ1) is 18.5. The second-order valence-electron chi connectivity index (χ2n) is 6.80. The largest absolute Gasteiger partial charge is 0.492 e. The number of ether oxygens (including phenoxy) is 1. The van der Waals surface area contributed by atoms with Crippen molar-refractivity contribution < 1.29 is 23.9 Å². The SMILES string of the molecule is COC(=O)c1cc(C=C(CO)B2OC(C)(C)C(C)(C)O2)ccc1N. The Kier molecular flexibility index (Phi) is 5.08. The van der Waals surface area contributed by atoms with Crippen LogP contribution in [-0.4, -0.2) is 43.1 Å². The van der Waals surface area contributed by atoms with Gasteiger partial charge in [-0.3, -0.25) is 0 Å². The van der Waals surface area contributed by atoms with Gasteiger partial charge in [0.1, 0.15) is 0 Å². The minimum atomic E-state index is -0.654. The van der Waals surface area contributed by atoms with Crippen LogP contribution in [0.4, 0.5) is 5.69 Å². The Morgan fingerprint density at radius 2 is 1.88 bits per heavy atom. The summed E-state index contributed by atoms with van der Waals surface area (Å²) in [5.74, 6) is -0.510. The number of nitrogens with two attached hydrogens (primary N) is 1. The molecule has 6 nitrogen and oxygen atoms in total. The Balaban J connectivity index is 2.34. The van der Waals surface area contributed by atoms with Gasteiger partial charge in [-0.15, -0.1) is 0 Å². The van der Waals surface area contributed by atoms with Gasteiger partial charge < -0.3 is 24.9 Å². The molecule has 24 heavy (non-hydrogen) atoms. The Morgan fingerprint density at radius 3 is 2.38 bits per heavy atom. The van der Waals surface area contributed by atoms with Crippen LogP contribution < -0.4 is 5.73 Å². The zero-order valence-electron chi connectivity index (χ0n) is 14.8. The number of benzene rings is 1. The van der Waals surface area contributed by atoms with Gasteiger partial charge in [0.2, 0.25) is 0 Å². The van der Waals surface area contributed by atoms with E-state index in [-0.39, 0.29) is 12.2 Å². The summed E-state index contributed by atoms with van der Waals surface area (Å²) in [6, 6.07) is 4.99. The van der Waals surface area contributed by atoms with Crippen molar-refractivity contribution >= 4 is 24.9 Å². The molecule has 7 heteroatoms. The van der Waals surface area contributed by atoms with Crippen molar-refractivity contribution in [3.8, 4) is 0 Å². The van der Waals surface area contributed by atoms with E-state index >= 15 is 0 Å². The zero-order chi connectivity index (χ0) is 18.1. The number of rotatable bonds is 4. The first-order valence-electron chi connectivity index (χ1n) is 7.76. The number of hydrogen-bond acceptors (Lipinski definition) is 6. The summed E-state index contributed by atoms with van der Waals surface area (Å²) >= 11 is 0. The van der Waals surface area contributed by atoms with E-state index in [9.17, 15) is 9.90 Å². The van der Waals surface area contributed by atoms with Gasteiger partial charge in [-0.25, -0.2) is 4.79 Å². The van der Waals surface area contributed by atoms with E-state index in [4.69, 9.17) is 19.8 Å². The van der Waals surface area contributed by atoms with E-state index in [2.05, 4.69) is 0 Å².